The largest absolute Gasteiger partial charge is 0.508 e. The predicted molar refractivity (Wildman–Crippen MR) is 156 cm³/mol. The second-order valence-corrected chi connectivity index (χ2v) is 10.9. The molecule has 0 amide bonds. The maximum Gasteiger partial charge on any atom is 0.119 e. The Kier molecular flexibility index (Phi) is 8.10. The molecule has 1 aliphatic carbocycles. The lowest BCUT2D eigenvalue weighted by molar-refractivity contribution is 0.198. The molecule has 0 radical (unpaired) electrons. The summed E-state index contributed by atoms with van der Waals surface area (Å²) < 4.78 is 20.0. The fourth-order valence-corrected chi connectivity index (χ4v) is 6.42. The van der Waals surface area contributed by atoms with Gasteiger partial charge in [-0.1, -0.05) is 31.7 Å². The number of hydrogen-bond acceptors (Lipinski definition) is 5. The first-order valence-corrected chi connectivity index (χ1v) is 14.0. The van der Waals surface area contributed by atoms with E-state index in [1.807, 2.05) is 11.6 Å². The number of nitrogens with zero attached hydrogens (tertiary/aromatic N) is 2. The zero-order chi connectivity index (χ0) is 25.2. The van der Waals surface area contributed by atoms with Crippen LogP contribution in [-0.2, 0) is 6.42 Å². The average Bonchev–Trinajstić information content (AvgIpc) is 3.53. The third kappa shape index (κ3) is 5.47. The van der Waals surface area contributed by atoms with E-state index in [0.717, 1.165) is 62.1 Å². The molecule has 4 nitrogen and oxygen atoms in total. The number of hydrogen-bond donors (Lipinski definition) is 1. The van der Waals surface area contributed by atoms with Gasteiger partial charge in [-0.05, 0) is 102 Å². The summed E-state index contributed by atoms with van der Waals surface area (Å²) in [4.78, 5) is 6.74. The number of phenolic OH excluding ortho intramolecular Hbond substituents is 1. The van der Waals surface area contributed by atoms with Crippen LogP contribution in [0.5, 0.6) is 11.5 Å². The summed E-state index contributed by atoms with van der Waals surface area (Å²) in [6, 6.07) is 20.8. The Morgan fingerprint density at radius 2 is 1.87 bits per heavy atom. The molecule has 0 unspecified atom stereocenters. The van der Waals surface area contributed by atoms with E-state index in [0.29, 0.717) is 12.2 Å². The maximum absolute atomic E-state index is 12.5. The molecule has 1 fully saturated rings. The molecule has 3 aromatic carbocycles. The summed E-state index contributed by atoms with van der Waals surface area (Å²) in [6.45, 7) is 2.36. The molecule has 1 aliphatic heterocycles. The summed E-state index contributed by atoms with van der Waals surface area (Å²) in [6.07, 6.45) is 4.63. The molecule has 2 heterocycles. The van der Waals surface area contributed by atoms with E-state index in [4.69, 9.17) is 4.74 Å². The topological polar surface area (TPSA) is 45.6 Å². The summed E-state index contributed by atoms with van der Waals surface area (Å²) in [7, 11) is 0. The minimum absolute atomic E-state index is 0. The molecule has 0 spiro atoms. The molecule has 198 valence electrons. The van der Waals surface area contributed by atoms with E-state index in [-0.39, 0.29) is 20.2 Å². The average molecular weight is 531 g/mol. The van der Waals surface area contributed by atoms with Crippen LogP contribution >= 0.6 is 11.3 Å². The van der Waals surface area contributed by atoms with Crippen LogP contribution in [0.2, 0.25) is 0 Å². The summed E-state index contributed by atoms with van der Waals surface area (Å²) in [5.41, 5.74) is 10.2. The van der Waals surface area contributed by atoms with E-state index in [9.17, 15) is 9.50 Å². The third-order valence-electron chi connectivity index (χ3n) is 7.50. The molecule has 1 atom stereocenters. The van der Waals surface area contributed by atoms with Gasteiger partial charge < -0.3 is 9.84 Å². The van der Waals surface area contributed by atoms with Crippen LogP contribution in [0.3, 0.4) is 0 Å². The highest BCUT2D eigenvalue weighted by atomic mass is 32.1. The normalized spacial score (nSPS) is 17.8. The smallest absolute Gasteiger partial charge is 0.119 e. The molecule has 6 rings (SSSR count). The van der Waals surface area contributed by atoms with Gasteiger partial charge in [0.15, 0.2) is 0 Å². The van der Waals surface area contributed by atoms with Crippen molar-refractivity contribution in [1.29, 1.82) is 0 Å². The van der Waals surface area contributed by atoms with Crippen molar-refractivity contribution < 1.29 is 14.2 Å². The Morgan fingerprint density at radius 1 is 1.03 bits per heavy atom. The number of aromatic nitrogens is 1. The number of fused-ring (bicyclic) bond motifs is 2. The fourth-order valence-electron chi connectivity index (χ4n) is 5.71. The van der Waals surface area contributed by atoms with Gasteiger partial charge in [-0.15, -0.1) is 11.3 Å². The maximum atomic E-state index is 12.5. The van der Waals surface area contributed by atoms with Crippen molar-refractivity contribution in [3.8, 4) is 11.5 Å². The number of alkyl halides is 1. The standard InChI is InChI=1S/C31H31FN2O2S.CH4/c32-14-2-15-34-16-13-26(19-34)36-25-9-5-21(6-10-25)31-27(23-7-12-29-30(18-23)37-20-33-29)4-1-3-22-17-24(35)8-11-28(22)31;/h5-12,17-18,20,26,35H,1-4,13-16,19H2;1H4/t26-;/m0./s1. The molecule has 1 saturated heterocycles. The lowest BCUT2D eigenvalue weighted by Crippen LogP contribution is -2.26. The first kappa shape index (κ1) is 26.4. The van der Waals surface area contributed by atoms with Gasteiger partial charge >= 0.3 is 0 Å². The molecule has 0 bridgehead atoms. The number of phenols is 1. The van der Waals surface area contributed by atoms with Crippen molar-refractivity contribution in [3.05, 3.63) is 88.4 Å². The highest BCUT2D eigenvalue weighted by molar-refractivity contribution is 7.16. The van der Waals surface area contributed by atoms with Gasteiger partial charge in [-0.3, -0.25) is 9.29 Å². The summed E-state index contributed by atoms with van der Waals surface area (Å²) >= 11 is 1.67. The molecule has 6 heteroatoms. The number of benzene rings is 3. The Hall–Kier alpha value is -3.22. The SMILES string of the molecule is C.Oc1ccc2c(c1)CCCC(c1ccc3ncsc3c1)=C2c1ccc(O[C@H]2CCN(CCCF)C2)cc1. The first-order valence-electron chi connectivity index (χ1n) is 13.1. The molecular weight excluding hydrogens is 495 g/mol. The van der Waals surface area contributed by atoms with Gasteiger partial charge in [-0.25, -0.2) is 4.98 Å². The van der Waals surface area contributed by atoms with Crippen molar-refractivity contribution >= 4 is 32.7 Å². The highest BCUT2D eigenvalue weighted by Gasteiger charge is 2.24. The summed E-state index contributed by atoms with van der Waals surface area (Å²) in [5, 5.41) is 10.2. The third-order valence-corrected chi connectivity index (χ3v) is 8.29. The number of aryl methyl sites for hydroxylation is 1. The van der Waals surface area contributed by atoms with Gasteiger partial charge in [0.2, 0.25) is 0 Å². The number of halogens is 1. The number of likely N-dealkylation sites (tertiary alicyclic amines) is 1. The van der Waals surface area contributed by atoms with Crippen molar-refractivity contribution in [3.63, 3.8) is 0 Å². The molecule has 1 aromatic heterocycles. The number of rotatable bonds is 7. The van der Waals surface area contributed by atoms with Gasteiger partial charge in [0, 0.05) is 19.6 Å². The molecule has 1 N–H and O–H groups in total. The van der Waals surface area contributed by atoms with E-state index < -0.39 is 0 Å². The van der Waals surface area contributed by atoms with Crippen molar-refractivity contribution in [2.75, 3.05) is 26.3 Å². The lowest BCUT2D eigenvalue weighted by Gasteiger charge is -2.18. The van der Waals surface area contributed by atoms with Crippen LogP contribution < -0.4 is 4.74 Å². The van der Waals surface area contributed by atoms with Crippen molar-refractivity contribution in [1.82, 2.24) is 9.88 Å². The molecule has 38 heavy (non-hydrogen) atoms. The van der Waals surface area contributed by atoms with Crippen molar-refractivity contribution in [2.24, 2.45) is 0 Å². The summed E-state index contributed by atoms with van der Waals surface area (Å²) in [5.74, 6) is 1.18. The van der Waals surface area contributed by atoms with Crippen LogP contribution in [0.15, 0.2) is 66.2 Å². The van der Waals surface area contributed by atoms with E-state index in [1.54, 1.807) is 17.4 Å². The molecular formula is C32H35FN2O2S. The Labute approximate surface area is 228 Å². The Balaban J connectivity index is 0.00000294. The van der Waals surface area contributed by atoms with Crippen LogP contribution in [0, 0.1) is 0 Å². The highest BCUT2D eigenvalue weighted by Crippen LogP contribution is 2.41. The second kappa shape index (κ2) is 11.7. The minimum atomic E-state index is -0.262. The number of ether oxygens (including phenoxy) is 1. The van der Waals surface area contributed by atoms with Crippen LogP contribution in [0.1, 0.15) is 55.4 Å². The molecule has 4 aromatic rings. The van der Waals surface area contributed by atoms with Gasteiger partial charge in [0.1, 0.15) is 17.6 Å². The number of aromatic hydroxyl groups is 1. The molecule has 2 aliphatic rings. The van der Waals surface area contributed by atoms with Crippen LogP contribution in [0.4, 0.5) is 4.39 Å². The lowest BCUT2D eigenvalue weighted by atomic mass is 9.88. The number of thiazole rings is 1. The zero-order valence-electron chi connectivity index (χ0n) is 20.8. The first-order chi connectivity index (χ1) is 18.2. The van der Waals surface area contributed by atoms with Gasteiger partial charge in [-0.2, -0.15) is 0 Å². The van der Waals surface area contributed by atoms with Crippen LogP contribution in [-0.4, -0.2) is 47.4 Å². The predicted octanol–water partition coefficient (Wildman–Crippen LogP) is 7.75. The second-order valence-electron chi connectivity index (χ2n) is 9.98. The Morgan fingerprint density at radius 3 is 2.71 bits per heavy atom. The quantitative estimate of drug-likeness (QED) is 0.265. The Bertz CT molecular complexity index is 1430. The minimum Gasteiger partial charge on any atom is -0.508 e. The number of allylic oxidation sites excluding steroid dienone is 1. The van der Waals surface area contributed by atoms with Gasteiger partial charge in [0.25, 0.3) is 0 Å². The van der Waals surface area contributed by atoms with E-state index >= 15 is 0 Å². The van der Waals surface area contributed by atoms with E-state index in [1.165, 1.54) is 32.5 Å². The van der Waals surface area contributed by atoms with Crippen molar-refractivity contribution in [2.45, 2.75) is 45.6 Å². The molecule has 0 saturated carbocycles. The van der Waals surface area contributed by atoms with E-state index in [2.05, 4.69) is 58.4 Å². The zero-order valence-corrected chi connectivity index (χ0v) is 21.6. The van der Waals surface area contributed by atoms with Gasteiger partial charge in [0.05, 0.1) is 22.4 Å². The monoisotopic (exact) mass is 530 g/mol. The fraction of sp³-hybridized carbons (Fsp3) is 0.344. The van der Waals surface area contributed by atoms with Crippen LogP contribution in [0.25, 0.3) is 21.4 Å².